The van der Waals surface area contributed by atoms with Gasteiger partial charge in [-0.1, -0.05) is 25.1 Å². The summed E-state index contributed by atoms with van der Waals surface area (Å²) in [5.41, 5.74) is 16.9. The van der Waals surface area contributed by atoms with Crippen molar-refractivity contribution in [1.82, 2.24) is 15.3 Å². The van der Waals surface area contributed by atoms with E-state index in [-0.39, 0.29) is 46.5 Å². The average molecular weight is 788 g/mol. The summed E-state index contributed by atoms with van der Waals surface area (Å²) < 4.78 is 20.3. The molecule has 0 fully saturated rings. The van der Waals surface area contributed by atoms with Crippen LogP contribution in [-0.2, 0) is 41.8 Å². The lowest BCUT2D eigenvalue weighted by Crippen LogP contribution is -2.57. The number of benzene rings is 2. The number of hydrogen-bond acceptors (Lipinski definition) is 13. The third kappa shape index (κ3) is 6.81. The van der Waals surface area contributed by atoms with Crippen LogP contribution in [0.5, 0.6) is 17.2 Å². The molecule has 5 heterocycles. The van der Waals surface area contributed by atoms with Crippen LogP contribution in [0.3, 0.4) is 0 Å². The van der Waals surface area contributed by atoms with Crippen molar-refractivity contribution >= 4 is 28.6 Å². The van der Waals surface area contributed by atoms with E-state index in [9.17, 15) is 24.9 Å². The molecule has 0 radical (unpaired) electrons. The number of carbonyl (C=O) groups excluding carboxylic acids is 1. The molecule has 13 nitrogen and oxygen atoms in total. The highest BCUT2D eigenvalue weighted by Gasteiger charge is 2.53. The third-order valence-electron chi connectivity index (χ3n) is 12.5. The Morgan fingerprint density at radius 2 is 1.91 bits per heavy atom. The number of ether oxygens (including phenoxy) is 2. The molecule has 5 aromatic rings. The second kappa shape index (κ2) is 15.4. The molecule has 2 aliphatic heterocycles. The van der Waals surface area contributed by atoms with Gasteiger partial charge < -0.3 is 46.0 Å². The van der Waals surface area contributed by atoms with Gasteiger partial charge in [-0.15, -0.1) is 0 Å². The molecule has 58 heavy (non-hydrogen) atoms. The molecule has 4 bridgehead atoms. The first-order valence-electron chi connectivity index (χ1n) is 19.9. The van der Waals surface area contributed by atoms with Crippen LogP contribution in [0, 0.1) is 5.92 Å². The molecule has 3 aliphatic rings. The Morgan fingerprint density at radius 3 is 2.66 bits per heavy atom. The largest absolute Gasteiger partial charge is 0.508 e. The van der Waals surface area contributed by atoms with Gasteiger partial charge in [-0.05, 0) is 105 Å². The summed E-state index contributed by atoms with van der Waals surface area (Å²) in [6, 6.07) is 12.2. The van der Waals surface area contributed by atoms with Crippen LogP contribution in [0.25, 0.3) is 11.0 Å². The number of rotatable bonds is 8. The number of likely N-dealkylation sites (N-methyl/N-ethyl adjacent to an activating group) is 1. The van der Waals surface area contributed by atoms with E-state index in [1.807, 2.05) is 32.0 Å². The predicted molar refractivity (Wildman–Crippen MR) is 219 cm³/mol. The number of aromatic hydroxyl groups is 2. The van der Waals surface area contributed by atoms with E-state index in [0.29, 0.717) is 79.3 Å². The van der Waals surface area contributed by atoms with Crippen molar-refractivity contribution in [2.45, 2.75) is 89.4 Å². The predicted octanol–water partition coefficient (Wildman–Crippen LogP) is 5.48. The molecule has 8 rings (SSSR count). The minimum atomic E-state index is -1.25. The molecule has 0 unspecified atom stereocenters. The fraction of sp³-hybridized carbons (Fsp3) is 0.378. The number of fused-ring (bicyclic) bond motifs is 5. The molecule has 0 amide bonds. The summed E-state index contributed by atoms with van der Waals surface area (Å²) in [6.07, 6.45) is 6.82. The Morgan fingerprint density at radius 1 is 1.09 bits per heavy atom. The van der Waals surface area contributed by atoms with E-state index in [4.69, 9.17) is 25.4 Å². The SMILES string of the molecule is C/C=C(/CNCC)C(=O)O[C@@H]1Cc2c3c(c4oc(CO)cc(=O)c4c2O)[C@H]2Cc4cc(O)ccc4CC[C@H](C[C@H](Cc4ccc(N)nc4)[C@]1(C)O3)c1c2ccnc1N. The first-order chi connectivity index (χ1) is 27.9. The number of aromatic nitrogens is 2. The molecule has 1 aliphatic carbocycles. The number of nitrogens with one attached hydrogen (secondary N) is 1. The second-order valence-corrected chi connectivity index (χ2v) is 15.9. The average Bonchev–Trinajstić information content (AvgIpc) is 3.26. The first kappa shape index (κ1) is 38.9. The van der Waals surface area contributed by atoms with Gasteiger partial charge in [-0.3, -0.25) is 4.79 Å². The lowest BCUT2D eigenvalue weighted by molar-refractivity contribution is -0.165. The number of nitrogens with two attached hydrogens (primary N) is 2. The molecule has 5 atom stereocenters. The van der Waals surface area contributed by atoms with Gasteiger partial charge in [0, 0.05) is 65.5 Å². The van der Waals surface area contributed by atoms with Crippen LogP contribution >= 0.6 is 0 Å². The molecule has 0 spiro atoms. The highest BCUT2D eigenvalue weighted by atomic mass is 16.6. The maximum absolute atomic E-state index is 14.1. The number of aliphatic hydroxyl groups excluding tert-OH is 1. The standard InChI is InChI=1S/C45H49N5O8/c1-4-24(21-48-5-2)44(55)57-35-19-33-40(54)39-34(53)18-30(22-51)56-42(39)38-32-17-27-16-29(52)10-9-25(27)7-8-26(37-31(32)12-13-49-43(37)47)15-28(45(35,3)58-41(33)38)14-23-6-11-36(46)50-20-23/h4,6,9-13,16,18,20,26,28,32,35,48,51-52,54H,5,7-8,14-15,17,19,21-22H2,1-3H3,(H2,46,50)(H2,47,49)/b24-4-/t26-,28+,32+,35-,45+/m1/s1. The van der Waals surface area contributed by atoms with E-state index in [1.165, 1.54) is 6.07 Å². The number of hydrogen-bond donors (Lipinski definition) is 6. The fourth-order valence-corrected chi connectivity index (χ4v) is 9.42. The van der Waals surface area contributed by atoms with E-state index in [2.05, 4.69) is 15.3 Å². The number of allylic oxidation sites excluding steroid dienone is 1. The van der Waals surface area contributed by atoms with Gasteiger partial charge in [0.25, 0.3) is 0 Å². The van der Waals surface area contributed by atoms with Crippen LogP contribution in [0.1, 0.15) is 90.2 Å². The number of phenols is 2. The maximum atomic E-state index is 14.1. The summed E-state index contributed by atoms with van der Waals surface area (Å²) in [6.45, 7) is 6.07. The smallest absolute Gasteiger partial charge is 0.335 e. The summed E-state index contributed by atoms with van der Waals surface area (Å²) in [5.74, 6) is -0.889. The lowest BCUT2D eigenvalue weighted by atomic mass is 9.68. The summed E-state index contributed by atoms with van der Waals surface area (Å²) in [5, 5.41) is 36.5. The van der Waals surface area contributed by atoms with Crippen molar-refractivity contribution in [2.24, 2.45) is 5.92 Å². The van der Waals surface area contributed by atoms with Gasteiger partial charge in [0.15, 0.2) is 5.43 Å². The van der Waals surface area contributed by atoms with Gasteiger partial charge in [0.1, 0.15) is 63.9 Å². The second-order valence-electron chi connectivity index (χ2n) is 15.9. The number of nitrogen functional groups attached to an aromatic ring is 2. The quantitative estimate of drug-likeness (QED) is 0.0850. The molecule has 8 N–H and O–H groups in total. The van der Waals surface area contributed by atoms with Crippen LogP contribution in [-0.4, -0.2) is 56.1 Å². The third-order valence-corrected chi connectivity index (χ3v) is 12.5. The molecule has 0 saturated carbocycles. The summed E-state index contributed by atoms with van der Waals surface area (Å²) in [4.78, 5) is 37.2. The van der Waals surface area contributed by atoms with Crippen molar-refractivity contribution in [3.63, 3.8) is 0 Å². The van der Waals surface area contributed by atoms with Crippen molar-refractivity contribution in [2.75, 3.05) is 24.6 Å². The number of nitrogens with zero attached hydrogens (tertiary/aromatic N) is 2. The first-order valence-corrected chi connectivity index (χ1v) is 19.9. The molecular weight excluding hydrogens is 739 g/mol. The fourth-order valence-electron chi connectivity index (χ4n) is 9.42. The number of pyridine rings is 2. The number of aliphatic hydroxyl groups is 1. The van der Waals surface area contributed by atoms with Gasteiger partial charge in [0.05, 0.1) is 0 Å². The Balaban J connectivity index is 1.47. The Labute approximate surface area is 335 Å². The minimum Gasteiger partial charge on any atom is -0.508 e. The molecule has 0 saturated heterocycles. The lowest BCUT2D eigenvalue weighted by Gasteiger charge is -2.49. The van der Waals surface area contributed by atoms with Crippen LogP contribution in [0.4, 0.5) is 11.6 Å². The topological polar surface area (TPSA) is 216 Å². The number of carbonyl (C=O) groups is 1. The molecule has 302 valence electrons. The van der Waals surface area contributed by atoms with Crippen LogP contribution < -0.4 is 26.9 Å². The molecule has 13 heteroatoms. The van der Waals surface area contributed by atoms with E-state index < -0.39 is 35.6 Å². The molecule has 3 aromatic heterocycles. The van der Waals surface area contributed by atoms with E-state index >= 15 is 0 Å². The highest BCUT2D eigenvalue weighted by Crippen LogP contribution is 2.56. The zero-order chi connectivity index (χ0) is 40.9. The van der Waals surface area contributed by atoms with Gasteiger partial charge in [0.2, 0.25) is 0 Å². The minimum absolute atomic E-state index is 0.0114. The van der Waals surface area contributed by atoms with E-state index in [0.717, 1.165) is 27.8 Å². The maximum Gasteiger partial charge on any atom is 0.335 e. The molecule has 2 aromatic carbocycles. The number of anilines is 2. The van der Waals surface area contributed by atoms with Gasteiger partial charge in [-0.2, -0.15) is 0 Å². The van der Waals surface area contributed by atoms with Crippen molar-refractivity contribution < 1.29 is 34.0 Å². The number of aryl methyl sites for hydroxylation is 1. The van der Waals surface area contributed by atoms with Crippen molar-refractivity contribution in [3.8, 4) is 17.2 Å². The Kier molecular flexibility index (Phi) is 10.4. The Bertz CT molecular complexity index is 2500. The zero-order valence-electron chi connectivity index (χ0n) is 32.9. The normalized spacial score (nSPS) is 22.5. The van der Waals surface area contributed by atoms with Crippen molar-refractivity contribution in [3.05, 3.63) is 121 Å². The van der Waals surface area contributed by atoms with Gasteiger partial charge in [-0.25, -0.2) is 14.8 Å². The van der Waals surface area contributed by atoms with Crippen LogP contribution in [0.15, 0.2) is 75.7 Å². The van der Waals surface area contributed by atoms with Crippen molar-refractivity contribution in [1.29, 1.82) is 0 Å². The van der Waals surface area contributed by atoms with Gasteiger partial charge >= 0.3 is 5.97 Å². The summed E-state index contributed by atoms with van der Waals surface area (Å²) >= 11 is 0. The monoisotopic (exact) mass is 787 g/mol. The summed E-state index contributed by atoms with van der Waals surface area (Å²) in [7, 11) is 0. The van der Waals surface area contributed by atoms with Crippen LogP contribution in [0.2, 0.25) is 0 Å². The number of phenolic OH excluding ortho intramolecular Hbond substituents is 2. The van der Waals surface area contributed by atoms with E-state index in [1.54, 1.807) is 43.6 Å². The zero-order valence-corrected chi connectivity index (χ0v) is 32.9. The Hall–Kier alpha value is -5.92. The highest BCUT2D eigenvalue weighted by molar-refractivity contribution is 5.92. The number of esters is 1. The molecular formula is C45H49N5O8.